The van der Waals surface area contributed by atoms with Crippen LogP contribution in [0.5, 0.6) is 0 Å². The van der Waals surface area contributed by atoms with Crippen molar-refractivity contribution in [3.8, 4) is 0 Å². The Labute approximate surface area is 230 Å². The molecule has 226 valence electrons. The Balaban J connectivity index is 0. The fourth-order valence-electron chi connectivity index (χ4n) is 3.51. The molecule has 0 spiro atoms. The van der Waals surface area contributed by atoms with Gasteiger partial charge in [0, 0.05) is 91.0 Å². The first-order chi connectivity index (χ1) is 17.6. The van der Waals surface area contributed by atoms with Crippen molar-refractivity contribution in [1.29, 1.82) is 0 Å². The molecule has 7 N–H and O–H groups in total. The van der Waals surface area contributed by atoms with Crippen molar-refractivity contribution in [2.45, 2.75) is 84.8 Å². The summed E-state index contributed by atoms with van der Waals surface area (Å²) in [5.41, 5.74) is 10.8. The monoisotopic (exact) mass is 571 g/mol. The zero-order valence-corrected chi connectivity index (χ0v) is 27.3. The summed E-state index contributed by atoms with van der Waals surface area (Å²) in [6.45, 7) is 19.0. The van der Waals surface area contributed by atoms with E-state index in [1.807, 2.05) is 41.5 Å². The third-order valence-corrected chi connectivity index (χ3v) is 11.3. The van der Waals surface area contributed by atoms with E-state index >= 15 is 0 Å². The van der Waals surface area contributed by atoms with Gasteiger partial charge in [-0.1, -0.05) is 0 Å². The maximum absolute atomic E-state index is 6.11. The number of hydrogen-bond donors (Lipinski definition) is 5. The molecule has 0 aliphatic carbocycles. The highest BCUT2D eigenvalue weighted by Crippen LogP contribution is 2.23. The van der Waals surface area contributed by atoms with Crippen LogP contribution < -0.4 is 27.4 Å². The molecule has 13 heteroatoms. The number of nitrogens with one attached hydrogen (secondary N) is 3. The summed E-state index contributed by atoms with van der Waals surface area (Å²) in [6, 6.07) is 1.67. The van der Waals surface area contributed by atoms with Crippen LogP contribution in [0.4, 0.5) is 0 Å². The largest absolute Gasteiger partial charge is 0.501 e. The minimum atomic E-state index is -2.62. The van der Waals surface area contributed by atoms with E-state index in [4.69, 9.17) is 38.0 Å². The number of nitrogens with two attached hydrogens (primary N) is 2. The van der Waals surface area contributed by atoms with Crippen molar-refractivity contribution >= 4 is 17.6 Å². The molecule has 0 saturated heterocycles. The van der Waals surface area contributed by atoms with E-state index in [0.717, 1.165) is 64.2 Å². The normalized spacial score (nSPS) is 12.5. The van der Waals surface area contributed by atoms with Crippen LogP contribution in [0.3, 0.4) is 0 Å². The molecule has 0 unspecified atom stereocenters. The van der Waals surface area contributed by atoms with Crippen molar-refractivity contribution in [2.75, 3.05) is 73.7 Å². The summed E-state index contributed by atoms with van der Waals surface area (Å²) in [6.07, 6.45) is 2.28. The van der Waals surface area contributed by atoms with E-state index in [2.05, 4.69) is 16.0 Å². The SMILES string of the molecule is CC(C)O[Si](CCCNCCN)(OC(C)C)OC(C)C.CO[Si](CCCNCCNCCN)(OC)OC. The minimum Gasteiger partial charge on any atom is -0.377 e. The second-order valence-electron chi connectivity index (χ2n) is 9.51. The second-order valence-corrected chi connectivity index (χ2v) is 15.2. The third-order valence-electron chi connectivity index (χ3n) is 4.97. The molecule has 11 nitrogen and oxygen atoms in total. The Bertz CT molecular complexity index is 458. The number of rotatable bonds is 24. The predicted molar refractivity (Wildman–Crippen MR) is 157 cm³/mol. The minimum absolute atomic E-state index is 0.108. The van der Waals surface area contributed by atoms with Gasteiger partial charge in [0.2, 0.25) is 0 Å². The molecule has 37 heavy (non-hydrogen) atoms. The van der Waals surface area contributed by atoms with Gasteiger partial charge in [-0.3, -0.25) is 0 Å². The summed E-state index contributed by atoms with van der Waals surface area (Å²) in [4.78, 5) is 0. The fourth-order valence-corrected chi connectivity index (χ4v) is 8.52. The van der Waals surface area contributed by atoms with E-state index in [-0.39, 0.29) is 18.3 Å². The molecule has 0 aliphatic rings. The quantitative estimate of drug-likeness (QED) is 0.0850. The molecule has 0 radical (unpaired) electrons. The van der Waals surface area contributed by atoms with E-state index in [0.29, 0.717) is 13.1 Å². The lowest BCUT2D eigenvalue weighted by Crippen LogP contribution is -2.51. The fraction of sp³-hybridized carbons (Fsp3) is 1.00. The molecule has 0 saturated carbocycles. The average molecular weight is 572 g/mol. The first kappa shape index (κ1) is 39.1. The highest BCUT2D eigenvalue weighted by Gasteiger charge is 2.43. The van der Waals surface area contributed by atoms with Gasteiger partial charge in [0.1, 0.15) is 0 Å². The molecule has 0 fully saturated rings. The third kappa shape index (κ3) is 22.5. The molecule has 0 aromatic rings. The molecule has 0 aliphatic heterocycles. The van der Waals surface area contributed by atoms with Gasteiger partial charge in [0.05, 0.1) is 0 Å². The van der Waals surface area contributed by atoms with Crippen LogP contribution in [0.25, 0.3) is 0 Å². The maximum atomic E-state index is 6.11. The van der Waals surface area contributed by atoms with Crippen LogP contribution in [0.1, 0.15) is 54.4 Å². The van der Waals surface area contributed by atoms with E-state index < -0.39 is 17.6 Å². The van der Waals surface area contributed by atoms with Crippen LogP contribution in [-0.4, -0.2) is 110 Å². The molecular weight excluding hydrogens is 510 g/mol. The van der Waals surface area contributed by atoms with E-state index in [9.17, 15) is 0 Å². The Hall–Kier alpha value is -0.00623. The van der Waals surface area contributed by atoms with Crippen LogP contribution in [-0.2, 0) is 26.6 Å². The van der Waals surface area contributed by atoms with Crippen LogP contribution in [0.15, 0.2) is 0 Å². The summed E-state index contributed by atoms with van der Waals surface area (Å²) in [7, 11) is -0.0602. The van der Waals surface area contributed by atoms with Crippen LogP contribution in [0.2, 0.25) is 12.1 Å². The number of hydrogen-bond acceptors (Lipinski definition) is 11. The van der Waals surface area contributed by atoms with E-state index in [1.165, 1.54) is 0 Å². The molecule has 0 heterocycles. The summed E-state index contributed by atoms with van der Waals surface area (Å²) in [5, 5.41) is 9.86. The first-order valence-electron chi connectivity index (χ1n) is 13.8. The average Bonchev–Trinajstić information content (AvgIpc) is 2.82. The standard InChI is InChI=1S/C14H34N2O3Si.C10H27N3O3Si/c1-12(2)17-20(18-13(3)4,19-14(5)6)11-7-9-16-10-8-15;1-14-17(15-2,16-3)10-4-6-12-8-9-13-7-5-11/h12-14,16H,7-11,15H2,1-6H3;12-13H,4-11H2,1-3H3. The lowest BCUT2D eigenvalue weighted by molar-refractivity contribution is 0.00291. The molecule has 0 atom stereocenters. The van der Waals surface area contributed by atoms with Crippen molar-refractivity contribution in [3.05, 3.63) is 0 Å². The topological polar surface area (TPSA) is 144 Å². The van der Waals surface area contributed by atoms with Crippen LogP contribution >= 0.6 is 0 Å². The molecule has 0 aromatic heterocycles. The van der Waals surface area contributed by atoms with Gasteiger partial charge in [-0.05, 0) is 67.5 Å². The lowest BCUT2D eigenvalue weighted by Gasteiger charge is -2.34. The lowest BCUT2D eigenvalue weighted by atomic mass is 10.4. The van der Waals surface area contributed by atoms with Gasteiger partial charge in [0.25, 0.3) is 0 Å². The van der Waals surface area contributed by atoms with Gasteiger partial charge < -0.3 is 54.0 Å². The zero-order chi connectivity index (χ0) is 28.6. The Kier molecular flexibility index (Phi) is 26.4. The highest BCUT2D eigenvalue weighted by atomic mass is 28.4. The Morgan fingerprint density at radius 1 is 0.514 bits per heavy atom. The van der Waals surface area contributed by atoms with Crippen LogP contribution in [0, 0.1) is 0 Å². The second kappa shape index (κ2) is 25.0. The summed E-state index contributed by atoms with van der Waals surface area (Å²) < 4.78 is 34.3. The summed E-state index contributed by atoms with van der Waals surface area (Å²) >= 11 is 0. The van der Waals surface area contributed by atoms with Crippen molar-refractivity contribution < 1.29 is 26.6 Å². The Morgan fingerprint density at radius 2 is 0.838 bits per heavy atom. The molecule has 0 amide bonds. The smallest absolute Gasteiger partial charge is 0.377 e. The van der Waals surface area contributed by atoms with E-state index in [1.54, 1.807) is 21.3 Å². The van der Waals surface area contributed by atoms with Gasteiger partial charge in [0.15, 0.2) is 0 Å². The highest BCUT2D eigenvalue weighted by molar-refractivity contribution is 6.61. The van der Waals surface area contributed by atoms with Crippen molar-refractivity contribution in [3.63, 3.8) is 0 Å². The predicted octanol–water partition coefficient (Wildman–Crippen LogP) is 1.53. The molecular formula is C24H61N5O6Si2. The Morgan fingerprint density at radius 3 is 1.16 bits per heavy atom. The zero-order valence-electron chi connectivity index (χ0n) is 25.3. The molecule has 0 rings (SSSR count). The van der Waals surface area contributed by atoms with Crippen molar-refractivity contribution in [2.24, 2.45) is 11.5 Å². The van der Waals surface area contributed by atoms with Gasteiger partial charge in [-0.25, -0.2) is 0 Å². The molecule has 0 aromatic carbocycles. The summed E-state index contributed by atoms with van der Waals surface area (Å²) in [5.74, 6) is 0. The van der Waals surface area contributed by atoms with Crippen molar-refractivity contribution in [1.82, 2.24) is 16.0 Å². The van der Waals surface area contributed by atoms with Gasteiger partial charge in [-0.15, -0.1) is 0 Å². The van der Waals surface area contributed by atoms with Gasteiger partial charge in [-0.2, -0.15) is 0 Å². The van der Waals surface area contributed by atoms with Gasteiger partial charge >= 0.3 is 17.6 Å². The first-order valence-corrected chi connectivity index (χ1v) is 17.6. The molecule has 0 bridgehead atoms. The maximum Gasteiger partial charge on any atom is 0.501 e.